The lowest BCUT2D eigenvalue weighted by Gasteiger charge is -2.08. The van der Waals surface area contributed by atoms with E-state index in [9.17, 15) is 4.79 Å². The van der Waals surface area contributed by atoms with E-state index in [0.29, 0.717) is 26.2 Å². The summed E-state index contributed by atoms with van der Waals surface area (Å²) >= 11 is 0. The van der Waals surface area contributed by atoms with Crippen LogP contribution in [0.1, 0.15) is 13.3 Å². The van der Waals surface area contributed by atoms with Crippen LogP contribution in [0, 0.1) is 0 Å². The lowest BCUT2D eigenvalue weighted by molar-refractivity contribution is -0.116. The van der Waals surface area contributed by atoms with Crippen molar-refractivity contribution in [3.8, 4) is 5.75 Å². The van der Waals surface area contributed by atoms with Crippen LogP contribution in [0.5, 0.6) is 5.75 Å². The number of anilines is 1. The van der Waals surface area contributed by atoms with Gasteiger partial charge in [-0.1, -0.05) is 6.92 Å². The zero-order valence-electron chi connectivity index (χ0n) is 11.6. The minimum absolute atomic E-state index is 0.00833. The van der Waals surface area contributed by atoms with Gasteiger partial charge in [-0.05, 0) is 30.8 Å². The van der Waals surface area contributed by atoms with Crippen molar-refractivity contribution in [2.75, 3.05) is 38.7 Å². The van der Waals surface area contributed by atoms with Gasteiger partial charge < -0.3 is 20.1 Å². The van der Waals surface area contributed by atoms with Crippen LogP contribution in [0.3, 0.4) is 0 Å². The van der Waals surface area contributed by atoms with Gasteiger partial charge in [0.05, 0.1) is 6.61 Å². The number of rotatable bonds is 9. The third kappa shape index (κ3) is 6.79. The van der Waals surface area contributed by atoms with Crippen LogP contribution in [0.2, 0.25) is 0 Å². The number of nitrogens with one attached hydrogen (secondary N) is 2. The molecule has 106 valence electrons. The van der Waals surface area contributed by atoms with Crippen LogP contribution in [0.4, 0.5) is 5.69 Å². The van der Waals surface area contributed by atoms with Gasteiger partial charge in [0.15, 0.2) is 0 Å². The minimum Gasteiger partial charge on any atom is -0.491 e. The first-order chi connectivity index (χ1) is 9.26. The van der Waals surface area contributed by atoms with Crippen molar-refractivity contribution in [2.24, 2.45) is 0 Å². The molecular weight excluding hydrogens is 244 g/mol. The molecule has 0 aliphatic heterocycles. The molecule has 1 rings (SSSR count). The molecule has 0 saturated heterocycles. The van der Waals surface area contributed by atoms with Crippen LogP contribution >= 0.6 is 0 Å². The van der Waals surface area contributed by atoms with E-state index < -0.39 is 0 Å². The Balaban J connectivity index is 2.32. The van der Waals surface area contributed by atoms with Gasteiger partial charge in [0.2, 0.25) is 5.91 Å². The second-order valence-corrected chi connectivity index (χ2v) is 4.02. The van der Waals surface area contributed by atoms with E-state index in [1.54, 1.807) is 7.11 Å². The molecule has 5 nitrogen and oxygen atoms in total. The predicted molar refractivity (Wildman–Crippen MR) is 75.6 cm³/mol. The topological polar surface area (TPSA) is 59.6 Å². The van der Waals surface area contributed by atoms with Crippen molar-refractivity contribution < 1.29 is 14.3 Å². The Kier molecular flexibility index (Phi) is 7.62. The first kappa shape index (κ1) is 15.5. The van der Waals surface area contributed by atoms with Crippen molar-refractivity contribution in [3.05, 3.63) is 24.3 Å². The van der Waals surface area contributed by atoms with E-state index in [0.717, 1.165) is 18.0 Å². The number of hydrogen-bond acceptors (Lipinski definition) is 4. The second kappa shape index (κ2) is 9.35. The molecule has 1 aromatic rings. The van der Waals surface area contributed by atoms with Crippen LogP contribution in [-0.2, 0) is 9.53 Å². The third-order valence-electron chi connectivity index (χ3n) is 2.47. The first-order valence-electron chi connectivity index (χ1n) is 6.48. The summed E-state index contributed by atoms with van der Waals surface area (Å²) in [5.41, 5.74) is 0.778. The van der Waals surface area contributed by atoms with Gasteiger partial charge >= 0.3 is 0 Å². The Bertz CT molecular complexity index is 365. The Morgan fingerprint density at radius 3 is 2.58 bits per heavy atom. The number of amides is 1. The van der Waals surface area contributed by atoms with Gasteiger partial charge in [-0.15, -0.1) is 0 Å². The number of hydrogen-bond donors (Lipinski definition) is 2. The van der Waals surface area contributed by atoms with Crippen molar-refractivity contribution in [1.82, 2.24) is 5.32 Å². The Morgan fingerprint density at radius 2 is 1.95 bits per heavy atom. The number of carbonyl (C=O) groups excluding carboxylic acids is 1. The van der Waals surface area contributed by atoms with Gasteiger partial charge in [0.25, 0.3) is 0 Å². The molecule has 5 heteroatoms. The molecule has 19 heavy (non-hydrogen) atoms. The monoisotopic (exact) mass is 266 g/mol. The van der Waals surface area contributed by atoms with E-state index in [-0.39, 0.29) is 5.91 Å². The molecule has 0 saturated carbocycles. The molecule has 0 radical (unpaired) electrons. The fourth-order valence-corrected chi connectivity index (χ4v) is 1.48. The summed E-state index contributed by atoms with van der Waals surface area (Å²) in [6.07, 6.45) is 0.472. The molecule has 0 aliphatic carbocycles. The van der Waals surface area contributed by atoms with E-state index >= 15 is 0 Å². The molecular formula is C14H22N2O3. The standard InChI is InChI=1S/C14H22N2O3/c1-3-15-9-8-14(17)16-12-4-6-13(7-5-12)19-11-10-18-2/h4-7,15H,3,8-11H2,1-2H3,(H,16,17). The number of methoxy groups -OCH3 is 1. The van der Waals surface area contributed by atoms with Crippen molar-refractivity contribution >= 4 is 11.6 Å². The molecule has 0 fully saturated rings. The normalized spacial score (nSPS) is 10.2. The fourth-order valence-electron chi connectivity index (χ4n) is 1.48. The predicted octanol–water partition coefficient (Wildman–Crippen LogP) is 1.65. The second-order valence-electron chi connectivity index (χ2n) is 4.02. The highest BCUT2D eigenvalue weighted by Crippen LogP contribution is 2.15. The summed E-state index contributed by atoms with van der Waals surface area (Å²) in [7, 11) is 1.63. The average molecular weight is 266 g/mol. The minimum atomic E-state index is 0.00833. The van der Waals surface area contributed by atoms with Crippen molar-refractivity contribution in [2.45, 2.75) is 13.3 Å². The highest BCUT2D eigenvalue weighted by atomic mass is 16.5. The molecule has 1 amide bonds. The summed E-state index contributed by atoms with van der Waals surface area (Å²) in [6.45, 7) is 4.66. The van der Waals surface area contributed by atoms with Crippen LogP contribution in [0.25, 0.3) is 0 Å². The molecule has 1 aromatic carbocycles. The zero-order chi connectivity index (χ0) is 13.9. The maximum atomic E-state index is 11.6. The molecule has 0 heterocycles. The van der Waals surface area contributed by atoms with Crippen molar-refractivity contribution in [1.29, 1.82) is 0 Å². The molecule has 0 aliphatic rings. The van der Waals surface area contributed by atoms with E-state index in [1.165, 1.54) is 0 Å². The zero-order valence-corrected chi connectivity index (χ0v) is 11.6. The lowest BCUT2D eigenvalue weighted by atomic mass is 10.3. The summed E-state index contributed by atoms with van der Waals surface area (Å²) < 4.78 is 10.3. The summed E-state index contributed by atoms with van der Waals surface area (Å²) in [4.78, 5) is 11.6. The van der Waals surface area contributed by atoms with E-state index in [4.69, 9.17) is 9.47 Å². The first-order valence-corrected chi connectivity index (χ1v) is 6.48. The number of ether oxygens (including phenoxy) is 2. The van der Waals surface area contributed by atoms with Gasteiger partial charge in [-0.25, -0.2) is 0 Å². The third-order valence-corrected chi connectivity index (χ3v) is 2.47. The Morgan fingerprint density at radius 1 is 1.21 bits per heavy atom. The molecule has 0 aromatic heterocycles. The Hall–Kier alpha value is -1.59. The highest BCUT2D eigenvalue weighted by molar-refractivity contribution is 5.90. The SMILES string of the molecule is CCNCCC(=O)Nc1ccc(OCCOC)cc1. The maximum Gasteiger partial charge on any atom is 0.225 e. The van der Waals surface area contributed by atoms with Crippen LogP contribution in [-0.4, -0.2) is 39.3 Å². The van der Waals surface area contributed by atoms with E-state index in [1.807, 2.05) is 31.2 Å². The fraction of sp³-hybridized carbons (Fsp3) is 0.500. The van der Waals surface area contributed by atoms with Gasteiger partial charge in [-0.3, -0.25) is 4.79 Å². The smallest absolute Gasteiger partial charge is 0.225 e. The van der Waals surface area contributed by atoms with Gasteiger partial charge in [-0.2, -0.15) is 0 Å². The van der Waals surface area contributed by atoms with Crippen molar-refractivity contribution in [3.63, 3.8) is 0 Å². The molecule has 0 bridgehead atoms. The molecule has 0 unspecified atom stereocenters. The van der Waals surface area contributed by atoms with Crippen LogP contribution in [0.15, 0.2) is 24.3 Å². The summed E-state index contributed by atoms with van der Waals surface area (Å²) in [6, 6.07) is 7.31. The van der Waals surface area contributed by atoms with Gasteiger partial charge in [0.1, 0.15) is 12.4 Å². The number of carbonyl (C=O) groups is 1. The van der Waals surface area contributed by atoms with Gasteiger partial charge in [0, 0.05) is 25.8 Å². The summed E-state index contributed by atoms with van der Waals surface area (Å²) in [5.74, 6) is 0.775. The highest BCUT2D eigenvalue weighted by Gasteiger charge is 2.02. The summed E-state index contributed by atoms with van der Waals surface area (Å²) in [5, 5.41) is 5.95. The molecule has 0 atom stereocenters. The number of benzene rings is 1. The van der Waals surface area contributed by atoms with Crippen LogP contribution < -0.4 is 15.4 Å². The molecule has 0 spiro atoms. The maximum absolute atomic E-state index is 11.6. The Labute approximate surface area is 114 Å². The quantitative estimate of drug-likeness (QED) is 0.667. The average Bonchev–Trinajstić information content (AvgIpc) is 2.41. The van der Waals surface area contributed by atoms with E-state index in [2.05, 4.69) is 10.6 Å². The lowest BCUT2D eigenvalue weighted by Crippen LogP contribution is -2.21. The molecule has 2 N–H and O–H groups in total. The largest absolute Gasteiger partial charge is 0.491 e.